The number of rotatable bonds is 15. The van der Waals surface area contributed by atoms with Crippen LogP contribution < -0.4 is 0 Å². The monoisotopic (exact) mass is 756 g/mol. The summed E-state index contributed by atoms with van der Waals surface area (Å²) in [4.78, 5) is 2.92. The Hall–Kier alpha value is 3.45. The Labute approximate surface area is 188 Å². The molecule has 1 rings (SSSR count). The zero-order valence-corrected chi connectivity index (χ0v) is 30.3. The Kier molecular flexibility index (Phi) is 16.2. The van der Waals surface area contributed by atoms with E-state index in [0.29, 0.717) is 0 Å². The van der Waals surface area contributed by atoms with Gasteiger partial charge in [0.1, 0.15) is 0 Å². The average molecular weight is 753 g/mol. The average Bonchev–Trinajstić information content (AvgIpc) is 2.66. The fourth-order valence-corrected chi connectivity index (χ4v) is 575. The van der Waals surface area contributed by atoms with Crippen LogP contribution in [-0.2, 0) is 0 Å². The third-order valence-corrected chi connectivity index (χ3v) is 261. The molecule has 0 spiro atoms. The molecule has 0 aromatic carbocycles. The zero-order valence-electron chi connectivity index (χ0n) is 19.3. The summed E-state index contributed by atoms with van der Waals surface area (Å²) in [7, 11) is 0. The first kappa shape index (κ1) is 28.5. The van der Waals surface area contributed by atoms with Gasteiger partial charge >= 0.3 is 191 Å². The van der Waals surface area contributed by atoms with E-state index in [0.717, 1.165) is 0 Å². The first-order chi connectivity index (χ1) is 12.9. The molecular weight excluding hydrogens is 705 g/mol. The van der Waals surface area contributed by atoms with Crippen molar-refractivity contribution in [2.24, 2.45) is 0 Å². The zero-order chi connectivity index (χ0) is 20.2. The molecule has 0 unspecified atom stereocenters. The Bertz CT molecular complexity index is 349. The number of unbranched alkanes of at least 4 members (excludes halogenated alkanes) is 5. The summed E-state index contributed by atoms with van der Waals surface area (Å²) in [5.74, 6) is 0. The molecule has 1 heterocycles. The first-order valence-electron chi connectivity index (χ1n) is 12.0. The first-order valence-corrected chi connectivity index (χ1v) is 48.4. The molecule has 0 amide bonds. The van der Waals surface area contributed by atoms with Crippen LogP contribution in [-0.4, -0.2) is 46.8 Å². The van der Waals surface area contributed by atoms with E-state index < -0.39 is 46.8 Å². The second-order valence-electron chi connectivity index (χ2n) is 8.78. The molecule has 1 fully saturated rings. The molecule has 0 radical (unpaired) electrons. The van der Waals surface area contributed by atoms with E-state index in [1.54, 1.807) is 54.3 Å². The van der Waals surface area contributed by atoms with Gasteiger partial charge in [-0.05, 0) is 0 Å². The summed E-state index contributed by atoms with van der Waals surface area (Å²) in [6.45, 7) is 12.2. The van der Waals surface area contributed by atoms with Crippen molar-refractivity contribution in [1.29, 1.82) is 0 Å². The van der Waals surface area contributed by atoms with Crippen molar-refractivity contribution in [2.75, 3.05) is 0 Å². The van der Waals surface area contributed by atoms with Crippen molar-refractivity contribution in [1.82, 2.24) is 0 Å². The van der Waals surface area contributed by atoms with Crippen LogP contribution in [0.5, 0.6) is 0 Å². The molecule has 6 heteroatoms. The normalized spacial score (nSPS) is 20.7. The van der Waals surface area contributed by atoms with E-state index in [2.05, 4.69) is 57.9 Å². The summed E-state index contributed by atoms with van der Waals surface area (Å²) in [5.41, 5.74) is 0. The summed E-state index contributed by atoms with van der Waals surface area (Å²) < 4.78 is 8.63. The molecule has 27 heavy (non-hydrogen) atoms. The minimum atomic E-state index is -2.06. The van der Waals surface area contributed by atoms with E-state index in [1.807, 2.05) is 0 Å². The van der Waals surface area contributed by atoms with Gasteiger partial charge in [-0.1, -0.05) is 0 Å². The molecule has 0 N–H and O–H groups in total. The van der Waals surface area contributed by atoms with Crippen LogP contribution in [0.1, 0.15) is 98.8 Å². The molecule has 0 nitrogen and oxygen atoms in total. The number of hydrogen-bond donors (Lipinski definition) is 0. The van der Waals surface area contributed by atoms with E-state index in [1.165, 1.54) is 32.1 Å². The number of hydrogen-bond acceptors (Lipinski definition) is 3. The second-order valence-corrected chi connectivity index (χ2v) is 112. The molecule has 0 aromatic heterocycles. The third-order valence-electron chi connectivity index (χ3n) is 5.81. The maximum atomic E-state index is 2.92. The van der Waals surface area contributed by atoms with Crippen molar-refractivity contribution in [3.63, 3.8) is 0 Å². The van der Waals surface area contributed by atoms with Gasteiger partial charge in [0.15, 0.2) is 0 Å². The predicted molar refractivity (Wildman–Crippen MR) is 144 cm³/mol. The molecule has 162 valence electrons. The van der Waals surface area contributed by atoms with Gasteiger partial charge in [-0.3, -0.25) is 0 Å². The van der Waals surface area contributed by atoms with Crippen LogP contribution in [0.15, 0.2) is 0 Å². The van der Waals surface area contributed by atoms with E-state index in [4.69, 9.17) is 0 Å². The van der Waals surface area contributed by atoms with Gasteiger partial charge in [-0.15, -0.1) is 0 Å². The van der Waals surface area contributed by atoms with Crippen LogP contribution in [0.3, 0.4) is 0 Å². The van der Waals surface area contributed by atoms with E-state index in [9.17, 15) is 0 Å². The van der Waals surface area contributed by atoms with Crippen molar-refractivity contribution < 1.29 is 0 Å². The fourth-order valence-electron chi connectivity index (χ4n) is 4.23. The summed E-state index contributed by atoms with van der Waals surface area (Å²) >= 11 is -6.14. The molecule has 0 saturated carbocycles. The van der Waals surface area contributed by atoms with Crippen molar-refractivity contribution in [3.8, 4) is 0 Å². The van der Waals surface area contributed by atoms with Crippen molar-refractivity contribution in [2.45, 2.75) is 126 Å². The van der Waals surface area contributed by atoms with Crippen molar-refractivity contribution in [3.05, 3.63) is 0 Å². The molecule has 1 aliphatic rings. The van der Waals surface area contributed by atoms with Crippen LogP contribution >= 0.6 is 18.4 Å². The summed E-state index contributed by atoms with van der Waals surface area (Å²) in [5, 5.41) is 0. The van der Waals surface area contributed by atoms with Gasteiger partial charge in [0.25, 0.3) is 0 Å². The van der Waals surface area contributed by atoms with E-state index in [-0.39, 0.29) is 0 Å². The predicted octanol–water partition coefficient (Wildman–Crippen LogP) is 10.2. The Morgan fingerprint density at radius 2 is 0.741 bits per heavy atom. The SMILES string of the molecule is CCC[CH2][Sn]1([CH3])[S][Sn]([CH2]CCC)([CH2]CCC)[S][Sn]([CH2]CCC)([CH2]CCC)[S]1. The third kappa shape index (κ3) is 10.3. The van der Waals surface area contributed by atoms with Crippen LogP contribution in [0.4, 0.5) is 0 Å². The fraction of sp³-hybridized carbons (Fsp3) is 1.00. The Morgan fingerprint density at radius 3 is 1.04 bits per heavy atom. The standard InChI is InChI=1S/5C4H9.CH3.3S.3Sn/c5*1-3-4-2;;;;;;;/h5*1,3-4H2,2H3;1H3;;;;;;. The second kappa shape index (κ2) is 15.3. The van der Waals surface area contributed by atoms with E-state index >= 15 is 0 Å². The molecule has 0 aromatic rings. The topological polar surface area (TPSA) is 0 Å². The van der Waals surface area contributed by atoms with Gasteiger partial charge in [0.2, 0.25) is 0 Å². The summed E-state index contributed by atoms with van der Waals surface area (Å²) in [6, 6.07) is 0. The van der Waals surface area contributed by atoms with Gasteiger partial charge in [-0.2, -0.15) is 0 Å². The summed E-state index contributed by atoms with van der Waals surface area (Å²) in [6.07, 6.45) is 23.6. The quantitative estimate of drug-likeness (QED) is 0.153. The van der Waals surface area contributed by atoms with Gasteiger partial charge in [0, 0.05) is 0 Å². The van der Waals surface area contributed by atoms with Gasteiger partial charge < -0.3 is 0 Å². The van der Waals surface area contributed by atoms with Gasteiger partial charge in [0.05, 0.1) is 0 Å². The van der Waals surface area contributed by atoms with Crippen LogP contribution in [0, 0.1) is 0 Å². The molecule has 0 bridgehead atoms. The van der Waals surface area contributed by atoms with Crippen LogP contribution in [0.2, 0.25) is 27.1 Å². The molecule has 1 aliphatic heterocycles. The Balaban J connectivity index is 3.20. The molecular formula is C21H48S3Sn3. The Morgan fingerprint density at radius 1 is 0.444 bits per heavy atom. The van der Waals surface area contributed by atoms with Crippen molar-refractivity contribution >= 4 is 65.2 Å². The van der Waals surface area contributed by atoms with Gasteiger partial charge in [-0.25, -0.2) is 0 Å². The molecule has 1 saturated heterocycles. The molecule has 0 atom stereocenters. The molecule has 0 aliphatic carbocycles. The minimum absolute atomic E-state index is 1.43. The van der Waals surface area contributed by atoms with Crippen LogP contribution in [0.25, 0.3) is 0 Å². The maximum absolute atomic E-state index is 2.92.